The van der Waals surface area contributed by atoms with Gasteiger partial charge in [-0.2, -0.15) is 0 Å². The molecule has 1 aromatic rings. The molecule has 0 aromatic heterocycles. The van der Waals surface area contributed by atoms with Crippen LogP contribution in [-0.2, 0) is 20.9 Å². The highest BCUT2D eigenvalue weighted by Gasteiger charge is 2.18. The number of ether oxygens (including phenoxy) is 2. The van der Waals surface area contributed by atoms with E-state index in [0.29, 0.717) is 13.2 Å². The van der Waals surface area contributed by atoms with Crippen LogP contribution in [-0.4, -0.2) is 44.2 Å². The van der Waals surface area contributed by atoms with E-state index in [4.69, 9.17) is 4.74 Å². The summed E-state index contributed by atoms with van der Waals surface area (Å²) >= 11 is 0. The van der Waals surface area contributed by atoms with Crippen molar-refractivity contribution in [2.75, 3.05) is 27.3 Å². The second-order valence-corrected chi connectivity index (χ2v) is 4.85. The molecule has 0 aliphatic heterocycles. The van der Waals surface area contributed by atoms with Crippen molar-refractivity contribution in [2.24, 2.45) is 0 Å². The van der Waals surface area contributed by atoms with Gasteiger partial charge in [-0.15, -0.1) is 0 Å². The van der Waals surface area contributed by atoms with Crippen molar-refractivity contribution in [3.8, 4) is 0 Å². The Labute approximate surface area is 121 Å². The average molecular weight is 277 g/mol. The maximum Gasteiger partial charge on any atom is 0.319 e. The van der Waals surface area contributed by atoms with Crippen molar-refractivity contribution in [3.63, 3.8) is 0 Å². The van der Waals surface area contributed by atoms with Crippen molar-refractivity contribution in [1.82, 2.24) is 4.90 Å². The van der Waals surface area contributed by atoms with Gasteiger partial charge in [0.2, 0.25) is 0 Å². The van der Waals surface area contributed by atoms with Gasteiger partial charge in [-0.3, -0.25) is 9.69 Å². The van der Waals surface area contributed by atoms with Crippen LogP contribution >= 0.6 is 0 Å². The van der Waals surface area contributed by atoms with E-state index >= 15 is 0 Å². The molecule has 1 aromatic carbocycles. The monoisotopic (exact) mass is 277 g/mol. The fourth-order valence-electron chi connectivity index (χ4n) is 1.89. The first-order valence-corrected chi connectivity index (χ1v) is 6.58. The molecule has 0 bridgehead atoms. The van der Waals surface area contributed by atoms with Crippen molar-refractivity contribution >= 4 is 5.97 Å². The Kier molecular flexibility index (Phi) is 6.98. The van der Waals surface area contributed by atoms with E-state index in [9.17, 15) is 4.79 Å². The molecule has 0 saturated heterocycles. The van der Waals surface area contributed by atoms with E-state index in [0.717, 1.165) is 11.1 Å². The number of nitrogens with zero attached hydrogens (tertiary/aromatic N) is 1. The first-order chi connectivity index (χ1) is 9.54. The van der Waals surface area contributed by atoms with Crippen molar-refractivity contribution in [2.45, 2.75) is 19.6 Å². The molecule has 0 aliphatic rings. The second-order valence-electron chi connectivity index (χ2n) is 4.85. The first-order valence-electron chi connectivity index (χ1n) is 6.58. The quantitative estimate of drug-likeness (QED) is 0.539. The summed E-state index contributed by atoms with van der Waals surface area (Å²) in [5, 5.41) is 0. The lowest BCUT2D eigenvalue weighted by Gasteiger charge is -2.27. The Bertz CT molecular complexity index is 431. The van der Waals surface area contributed by atoms with E-state index in [-0.39, 0.29) is 18.6 Å². The van der Waals surface area contributed by atoms with Crippen LogP contribution in [0, 0.1) is 0 Å². The highest BCUT2D eigenvalue weighted by Crippen LogP contribution is 2.09. The zero-order chi connectivity index (χ0) is 15.0. The van der Waals surface area contributed by atoms with Gasteiger partial charge in [0.1, 0.15) is 0 Å². The van der Waals surface area contributed by atoms with Gasteiger partial charge in [0.25, 0.3) is 0 Å². The third kappa shape index (κ3) is 5.55. The molecule has 0 N–H and O–H groups in total. The number of carbonyl (C=O) groups excluding carboxylic acids is 1. The minimum atomic E-state index is -0.262. The Balaban J connectivity index is 2.47. The number of rotatable bonds is 8. The second kappa shape index (κ2) is 8.51. The van der Waals surface area contributed by atoms with E-state index in [2.05, 4.69) is 11.3 Å². The number of likely N-dealkylation sites (N-methyl/N-ethyl adjacent to an activating group) is 1. The third-order valence-electron chi connectivity index (χ3n) is 3.09. The van der Waals surface area contributed by atoms with Crippen LogP contribution in [0.4, 0.5) is 0 Å². The summed E-state index contributed by atoms with van der Waals surface area (Å²) in [6, 6.07) is 9.99. The Morgan fingerprint density at radius 1 is 1.35 bits per heavy atom. The molecule has 0 saturated carbocycles. The average Bonchev–Trinajstić information content (AvgIpc) is 2.43. The molecule has 20 heavy (non-hydrogen) atoms. The lowest BCUT2D eigenvalue weighted by molar-refractivity contribution is -0.142. The molecule has 0 heterocycles. The maximum atomic E-state index is 11.3. The molecule has 4 heteroatoms. The summed E-state index contributed by atoms with van der Waals surface area (Å²) in [6.07, 6.45) is 0. The highest BCUT2D eigenvalue weighted by molar-refractivity contribution is 5.71. The lowest BCUT2D eigenvalue weighted by Crippen LogP contribution is -2.40. The minimum absolute atomic E-state index is 0.00203. The summed E-state index contributed by atoms with van der Waals surface area (Å²) in [5.41, 5.74) is 2.09. The van der Waals surface area contributed by atoms with Gasteiger partial charge < -0.3 is 9.47 Å². The zero-order valence-electron chi connectivity index (χ0n) is 12.5. The summed E-state index contributed by atoms with van der Waals surface area (Å²) in [6.45, 7) is 7.17. The maximum absolute atomic E-state index is 11.3. The number of esters is 1. The van der Waals surface area contributed by atoms with Crippen LogP contribution in [0.2, 0.25) is 0 Å². The van der Waals surface area contributed by atoms with Crippen molar-refractivity contribution in [1.29, 1.82) is 0 Å². The van der Waals surface area contributed by atoms with Gasteiger partial charge >= 0.3 is 5.97 Å². The van der Waals surface area contributed by atoms with E-state index in [1.54, 1.807) is 0 Å². The SMILES string of the molecule is C=C(C)C(COCc1ccccc1)N(C)CC(=O)OC. The molecule has 1 atom stereocenters. The topological polar surface area (TPSA) is 38.8 Å². The summed E-state index contributed by atoms with van der Waals surface area (Å²) in [5.74, 6) is -0.262. The molecular formula is C16H23NO3. The number of benzene rings is 1. The van der Waals surface area contributed by atoms with E-state index < -0.39 is 0 Å². The predicted molar refractivity (Wildman–Crippen MR) is 79.3 cm³/mol. The van der Waals surface area contributed by atoms with Crippen LogP contribution in [0.3, 0.4) is 0 Å². The van der Waals surface area contributed by atoms with Crippen LogP contribution in [0.1, 0.15) is 12.5 Å². The third-order valence-corrected chi connectivity index (χ3v) is 3.09. The largest absolute Gasteiger partial charge is 0.468 e. The standard InChI is InChI=1S/C16H23NO3/c1-13(2)15(17(3)10-16(18)19-4)12-20-11-14-8-6-5-7-9-14/h5-9,15H,1,10-12H2,2-4H3. The Morgan fingerprint density at radius 2 is 2.00 bits per heavy atom. The summed E-state index contributed by atoms with van der Waals surface area (Å²) in [7, 11) is 3.25. The van der Waals surface area contributed by atoms with Gasteiger partial charge in [0, 0.05) is 0 Å². The fourth-order valence-corrected chi connectivity index (χ4v) is 1.89. The predicted octanol–water partition coefficient (Wildman–Crippen LogP) is 2.25. The van der Waals surface area contributed by atoms with E-state index in [1.807, 2.05) is 49.2 Å². The number of hydrogen-bond donors (Lipinski definition) is 0. The molecule has 4 nitrogen and oxygen atoms in total. The minimum Gasteiger partial charge on any atom is -0.468 e. The fraction of sp³-hybridized carbons (Fsp3) is 0.438. The summed E-state index contributed by atoms with van der Waals surface area (Å²) < 4.78 is 10.4. The molecule has 0 amide bonds. The molecule has 0 spiro atoms. The molecule has 0 radical (unpaired) electrons. The zero-order valence-corrected chi connectivity index (χ0v) is 12.5. The molecule has 1 unspecified atom stereocenters. The highest BCUT2D eigenvalue weighted by atomic mass is 16.5. The van der Waals surface area contributed by atoms with Gasteiger partial charge in [0.15, 0.2) is 0 Å². The van der Waals surface area contributed by atoms with E-state index in [1.165, 1.54) is 7.11 Å². The van der Waals surface area contributed by atoms with Gasteiger partial charge in [0.05, 0.1) is 32.9 Å². The molecule has 0 fully saturated rings. The first kappa shape index (κ1) is 16.4. The van der Waals surface area contributed by atoms with Gasteiger partial charge in [-0.05, 0) is 19.5 Å². The Hall–Kier alpha value is -1.65. The number of carbonyl (C=O) groups is 1. The normalized spacial score (nSPS) is 12.2. The smallest absolute Gasteiger partial charge is 0.319 e. The van der Waals surface area contributed by atoms with Crippen LogP contribution < -0.4 is 0 Å². The number of hydrogen-bond acceptors (Lipinski definition) is 4. The van der Waals surface area contributed by atoms with Crippen LogP contribution in [0.15, 0.2) is 42.5 Å². The van der Waals surface area contributed by atoms with Gasteiger partial charge in [-0.1, -0.05) is 42.5 Å². The molecule has 110 valence electrons. The van der Waals surface area contributed by atoms with Crippen LogP contribution in [0.5, 0.6) is 0 Å². The number of methoxy groups -OCH3 is 1. The lowest BCUT2D eigenvalue weighted by atomic mass is 10.1. The molecular weight excluding hydrogens is 254 g/mol. The van der Waals surface area contributed by atoms with Crippen molar-refractivity contribution in [3.05, 3.63) is 48.0 Å². The molecule has 0 aliphatic carbocycles. The molecule has 1 rings (SSSR count). The van der Waals surface area contributed by atoms with Crippen molar-refractivity contribution < 1.29 is 14.3 Å². The Morgan fingerprint density at radius 3 is 2.55 bits per heavy atom. The van der Waals surface area contributed by atoms with Crippen LogP contribution in [0.25, 0.3) is 0 Å². The summed E-state index contributed by atoms with van der Waals surface area (Å²) in [4.78, 5) is 13.2. The van der Waals surface area contributed by atoms with Gasteiger partial charge in [-0.25, -0.2) is 0 Å².